The average Bonchev–Trinajstić information content (AvgIpc) is 2.29. The van der Waals surface area contributed by atoms with Gasteiger partial charge in [0.25, 0.3) is 0 Å². The van der Waals surface area contributed by atoms with Gasteiger partial charge in [-0.2, -0.15) is 5.26 Å². The first-order chi connectivity index (χ1) is 7.93. The fraction of sp³-hybridized carbons (Fsp3) is 0.455. The molecule has 17 heavy (non-hydrogen) atoms. The Balaban J connectivity index is 3.19. The average molecular weight is 234 g/mol. The molecule has 0 bridgehead atoms. The Hall–Kier alpha value is -2.16. The molecule has 0 aliphatic carbocycles. The van der Waals surface area contributed by atoms with Crippen molar-refractivity contribution >= 4 is 11.9 Å². The number of carbonyl (C=O) groups is 1. The molecular formula is C11H14N4O2. The lowest BCUT2D eigenvalue weighted by molar-refractivity contribution is -0.142. The van der Waals surface area contributed by atoms with Crippen molar-refractivity contribution in [2.45, 2.75) is 26.3 Å². The van der Waals surface area contributed by atoms with Crippen molar-refractivity contribution < 1.29 is 9.90 Å². The fourth-order valence-corrected chi connectivity index (χ4v) is 1.44. The molecule has 1 N–H and O–H groups in total. The number of nitrogens with zero attached hydrogens (tertiary/aromatic N) is 4. The van der Waals surface area contributed by atoms with Gasteiger partial charge < -0.3 is 10.0 Å². The van der Waals surface area contributed by atoms with E-state index in [1.807, 2.05) is 13.0 Å². The van der Waals surface area contributed by atoms with E-state index in [-0.39, 0.29) is 11.6 Å². The molecule has 0 saturated heterocycles. The molecule has 0 aliphatic heterocycles. The first kappa shape index (κ1) is 12.9. The smallest absolute Gasteiger partial charge is 0.329 e. The van der Waals surface area contributed by atoms with Gasteiger partial charge in [-0.15, -0.1) is 0 Å². The van der Waals surface area contributed by atoms with E-state index in [2.05, 4.69) is 9.97 Å². The van der Waals surface area contributed by atoms with Gasteiger partial charge in [-0.3, -0.25) is 0 Å². The van der Waals surface area contributed by atoms with Crippen molar-refractivity contribution in [2.24, 2.45) is 0 Å². The molecule has 0 saturated carbocycles. The second-order valence-electron chi connectivity index (χ2n) is 3.96. The van der Waals surface area contributed by atoms with Crippen LogP contribution in [0.4, 0.5) is 5.95 Å². The number of hydrogen-bond donors (Lipinski definition) is 1. The van der Waals surface area contributed by atoms with Crippen molar-refractivity contribution in [3.05, 3.63) is 18.0 Å². The summed E-state index contributed by atoms with van der Waals surface area (Å²) in [4.78, 5) is 20.7. The first-order valence-corrected chi connectivity index (χ1v) is 5.17. The molecule has 1 rings (SSSR count). The van der Waals surface area contributed by atoms with E-state index in [4.69, 9.17) is 10.4 Å². The molecular weight excluding hydrogens is 220 g/mol. The molecule has 0 aromatic carbocycles. The van der Waals surface area contributed by atoms with Gasteiger partial charge in [-0.05, 0) is 26.8 Å². The minimum atomic E-state index is -1.12. The van der Waals surface area contributed by atoms with Crippen LogP contribution < -0.4 is 4.90 Å². The quantitative estimate of drug-likeness (QED) is 0.837. The Bertz CT molecular complexity index is 465. The zero-order chi connectivity index (χ0) is 13.1. The third-order valence-electron chi connectivity index (χ3n) is 2.51. The van der Waals surface area contributed by atoms with Crippen LogP contribution in [0.5, 0.6) is 0 Å². The van der Waals surface area contributed by atoms with Gasteiger partial charge in [0.1, 0.15) is 17.3 Å². The summed E-state index contributed by atoms with van der Waals surface area (Å²) in [5, 5.41) is 17.9. The number of aromatic nitrogens is 2. The van der Waals surface area contributed by atoms with Crippen LogP contribution in [0, 0.1) is 11.3 Å². The zero-order valence-corrected chi connectivity index (χ0v) is 10.0. The van der Waals surface area contributed by atoms with Gasteiger partial charge in [0.2, 0.25) is 5.95 Å². The van der Waals surface area contributed by atoms with E-state index in [1.165, 1.54) is 17.2 Å². The van der Waals surface area contributed by atoms with E-state index in [1.54, 1.807) is 13.8 Å². The predicted octanol–water partition coefficient (Wildman–Crippen LogP) is 1.04. The summed E-state index contributed by atoms with van der Waals surface area (Å²) in [6, 6.07) is 3.38. The molecule has 0 radical (unpaired) electrons. The third-order valence-corrected chi connectivity index (χ3v) is 2.51. The highest BCUT2D eigenvalue weighted by Gasteiger charge is 2.35. The maximum Gasteiger partial charge on any atom is 0.329 e. The molecule has 0 atom stereocenters. The van der Waals surface area contributed by atoms with E-state index < -0.39 is 11.5 Å². The molecule has 0 spiro atoms. The van der Waals surface area contributed by atoms with Crippen LogP contribution in [0.25, 0.3) is 0 Å². The van der Waals surface area contributed by atoms with Gasteiger partial charge in [0.15, 0.2) is 0 Å². The highest BCUT2D eigenvalue weighted by Crippen LogP contribution is 2.20. The van der Waals surface area contributed by atoms with E-state index >= 15 is 0 Å². The number of carboxylic acid groups (broad SMARTS) is 1. The SMILES string of the molecule is CCN(c1nccc(C#N)n1)C(C)(C)C(=O)O. The van der Waals surface area contributed by atoms with Crippen molar-refractivity contribution in [3.8, 4) is 6.07 Å². The molecule has 1 heterocycles. The predicted molar refractivity (Wildman–Crippen MR) is 61.5 cm³/mol. The summed E-state index contributed by atoms with van der Waals surface area (Å²) in [5.74, 6) is -0.718. The van der Waals surface area contributed by atoms with Crippen LogP contribution in [-0.4, -0.2) is 33.1 Å². The summed E-state index contributed by atoms with van der Waals surface area (Å²) in [6.07, 6.45) is 1.45. The highest BCUT2D eigenvalue weighted by atomic mass is 16.4. The minimum Gasteiger partial charge on any atom is -0.480 e. The lowest BCUT2D eigenvalue weighted by Gasteiger charge is -2.34. The molecule has 0 unspecified atom stereocenters. The Morgan fingerprint density at radius 3 is 2.76 bits per heavy atom. The van der Waals surface area contributed by atoms with Crippen LogP contribution in [0.1, 0.15) is 26.5 Å². The number of aliphatic carboxylic acids is 1. The maximum atomic E-state index is 11.2. The first-order valence-electron chi connectivity index (χ1n) is 5.17. The maximum absolute atomic E-state index is 11.2. The van der Waals surface area contributed by atoms with Gasteiger partial charge in [-0.25, -0.2) is 14.8 Å². The largest absolute Gasteiger partial charge is 0.480 e. The Morgan fingerprint density at radius 2 is 2.29 bits per heavy atom. The molecule has 0 amide bonds. The molecule has 90 valence electrons. The van der Waals surface area contributed by atoms with Gasteiger partial charge in [-0.1, -0.05) is 0 Å². The number of rotatable bonds is 4. The van der Waals surface area contributed by atoms with Crippen LogP contribution >= 0.6 is 0 Å². The van der Waals surface area contributed by atoms with Gasteiger partial charge in [0.05, 0.1) is 0 Å². The fourth-order valence-electron chi connectivity index (χ4n) is 1.44. The monoisotopic (exact) mass is 234 g/mol. The topological polar surface area (TPSA) is 90.1 Å². The molecule has 0 aliphatic rings. The second-order valence-corrected chi connectivity index (χ2v) is 3.96. The lowest BCUT2D eigenvalue weighted by atomic mass is 10.0. The number of carboxylic acids is 1. The highest BCUT2D eigenvalue weighted by molar-refractivity contribution is 5.81. The lowest BCUT2D eigenvalue weighted by Crippen LogP contribution is -2.51. The third kappa shape index (κ3) is 2.50. The summed E-state index contributed by atoms with van der Waals surface area (Å²) < 4.78 is 0. The van der Waals surface area contributed by atoms with Gasteiger partial charge in [0, 0.05) is 12.7 Å². The molecule has 0 fully saturated rings. The standard InChI is InChI=1S/C11H14N4O2/c1-4-15(11(2,3)9(16)17)10-13-6-5-8(7-12)14-10/h5-6H,4H2,1-3H3,(H,16,17). The van der Waals surface area contributed by atoms with Crippen molar-refractivity contribution in [1.29, 1.82) is 5.26 Å². The van der Waals surface area contributed by atoms with Crippen molar-refractivity contribution in [3.63, 3.8) is 0 Å². The summed E-state index contributed by atoms with van der Waals surface area (Å²) in [6.45, 7) is 5.39. The molecule has 6 heteroatoms. The number of nitriles is 1. The molecule has 1 aromatic heterocycles. The molecule has 6 nitrogen and oxygen atoms in total. The van der Waals surface area contributed by atoms with Crippen LogP contribution in [0.3, 0.4) is 0 Å². The van der Waals surface area contributed by atoms with Crippen LogP contribution in [0.2, 0.25) is 0 Å². The van der Waals surface area contributed by atoms with Crippen molar-refractivity contribution in [2.75, 3.05) is 11.4 Å². The Kier molecular flexibility index (Phi) is 3.63. The number of anilines is 1. The Morgan fingerprint density at radius 1 is 1.65 bits per heavy atom. The minimum absolute atomic E-state index is 0.217. The second kappa shape index (κ2) is 4.78. The zero-order valence-electron chi connectivity index (χ0n) is 10.0. The van der Waals surface area contributed by atoms with E-state index in [0.29, 0.717) is 6.54 Å². The summed E-state index contributed by atoms with van der Waals surface area (Å²) in [5.41, 5.74) is -0.905. The normalized spacial score (nSPS) is 10.7. The van der Waals surface area contributed by atoms with Crippen molar-refractivity contribution in [1.82, 2.24) is 9.97 Å². The van der Waals surface area contributed by atoms with E-state index in [0.717, 1.165) is 0 Å². The van der Waals surface area contributed by atoms with Gasteiger partial charge >= 0.3 is 5.97 Å². The van der Waals surface area contributed by atoms with Crippen LogP contribution in [-0.2, 0) is 4.79 Å². The van der Waals surface area contributed by atoms with Crippen LogP contribution in [0.15, 0.2) is 12.3 Å². The number of hydrogen-bond acceptors (Lipinski definition) is 5. The Labute approximate surface area is 99.5 Å². The summed E-state index contributed by atoms with van der Waals surface area (Å²) in [7, 11) is 0. The van der Waals surface area contributed by atoms with E-state index in [9.17, 15) is 4.79 Å². The number of likely N-dealkylation sites (N-methyl/N-ethyl adjacent to an activating group) is 1. The summed E-state index contributed by atoms with van der Waals surface area (Å²) >= 11 is 0. The molecule has 1 aromatic rings.